The highest BCUT2D eigenvalue weighted by Gasteiger charge is 2.80. The lowest BCUT2D eigenvalue weighted by Crippen LogP contribution is -2.68. The predicted molar refractivity (Wildman–Crippen MR) is 107 cm³/mol. The zero-order valence-electron chi connectivity index (χ0n) is 18.0. The largest absolute Gasteiger partial charge is 0.487 e. The van der Waals surface area contributed by atoms with Crippen LogP contribution in [0.4, 0.5) is 30.7 Å². The van der Waals surface area contributed by atoms with Gasteiger partial charge in [-0.05, 0) is 24.3 Å². The first-order valence-electron chi connectivity index (χ1n) is 10.2. The van der Waals surface area contributed by atoms with Crippen molar-refractivity contribution in [1.82, 2.24) is 0 Å². The fourth-order valence-corrected chi connectivity index (χ4v) is 2.99. The molecule has 13 heteroatoms. The maximum atomic E-state index is 14.8. The number of rotatable bonds is 2. The molecular formula is C22H21F7O6. The molecule has 0 bridgehead atoms. The molecule has 2 aromatic rings. The zero-order chi connectivity index (χ0) is 25.7. The summed E-state index contributed by atoms with van der Waals surface area (Å²) in [4.78, 5) is 0. The number of benzene rings is 2. The van der Waals surface area contributed by atoms with Crippen LogP contribution < -0.4 is 18.9 Å². The minimum absolute atomic E-state index is 0.0351. The van der Waals surface area contributed by atoms with E-state index in [0.29, 0.717) is 0 Å². The lowest BCUT2D eigenvalue weighted by Gasteiger charge is -2.39. The number of fused-ring (bicyclic) bond motifs is 2. The van der Waals surface area contributed by atoms with Crippen molar-refractivity contribution in [2.24, 2.45) is 0 Å². The second kappa shape index (κ2) is 10.4. The molecular weight excluding hydrogens is 493 g/mol. The minimum Gasteiger partial charge on any atom is -0.487 e. The van der Waals surface area contributed by atoms with Crippen LogP contribution in [0.15, 0.2) is 48.5 Å². The predicted octanol–water partition coefficient (Wildman–Crippen LogP) is 4.50. The van der Waals surface area contributed by atoms with E-state index in [-0.39, 0.29) is 49.4 Å². The fourth-order valence-electron chi connectivity index (χ4n) is 2.99. The van der Waals surface area contributed by atoms with Crippen LogP contribution in [0.3, 0.4) is 0 Å². The number of ether oxygens (including phenoxy) is 5. The molecule has 0 saturated carbocycles. The van der Waals surface area contributed by atoms with Gasteiger partial charge in [0, 0.05) is 0 Å². The van der Waals surface area contributed by atoms with Gasteiger partial charge in [-0.15, -0.1) is 0 Å². The molecule has 3 rings (SSSR count). The van der Waals surface area contributed by atoms with E-state index < -0.39 is 36.8 Å². The summed E-state index contributed by atoms with van der Waals surface area (Å²) in [6.07, 6.45) is -6.68. The van der Waals surface area contributed by atoms with Crippen molar-refractivity contribution in [2.75, 3.05) is 39.6 Å². The molecule has 35 heavy (non-hydrogen) atoms. The van der Waals surface area contributed by atoms with Gasteiger partial charge in [0.05, 0.1) is 13.2 Å². The molecule has 0 radical (unpaired) electrons. The third-order valence-electron chi connectivity index (χ3n) is 4.94. The Bertz CT molecular complexity index is 927. The molecule has 0 aliphatic carbocycles. The SMILES string of the molecule is OC1(C(F)(F)C(F)(F)C(F)(F)F)COc2ccccc2OCCOCCOc2ccccc2OC1. The number of hydrogen-bond acceptors (Lipinski definition) is 6. The summed E-state index contributed by atoms with van der Waals surface area (Å²) in [5.41, 5.74) is -4.15. The van der Waals surface area contributed by atoms with Crippen molar-refractivity contribution in [3.05, 3.63) is 48.5 Å². The number of alkyl halides is 7. The lowest BCUT2D eigenvalue weighted by molar-refractivity contribution is -0.391. The summed E-state index contributed by atoms with van der Waals surface area (Å²) >= 11 is 0. The molecule has 0 saturated heterocycles. The Hall–Kier alpha value is -2.93. The Morgan fingerprint density at radius 3 is 1.34 bits per heavy atom. The second-order valence-electron chi connectivity index (χ2n) is 7.46. The van der Waals surface area contributed by atoms with Crippen LogP contribution in [0.5, 0.6) is 23.0 Å². The van der Waals surface area contributed by atoms with E-state index in [4.69, 9.17) is 23.7 Å². The van der Waals surface area contributed by atoms with Crippen LogP contribution >= 0.6 is 0 Å². The quantitative estimate of drug-likeness (QED) is 0.596. The maximum Gasteiger partial charge on any atom is 0.459 e. The van der Waals surface area contributed by atoms with Crippen LogP contribution in [0, 0.1) is 0 Å². The van der Waals surface area contributed by atoms with Crippen molar-refractivity contribution < 1.29 is 59.5 Å². The van der Waals surface area contributed by atoms with Crippen LogP contribution in [0.25, 0.3) is 0 Å². The molecule has 1 aliphatic heterocycles. The first-order valence-corrected chi connectivity index (χ1v) is 10.2. The van der Waals surface area contributed by atoms with Crippen molar-refractivity contribution in [2.45, 2.75) is 23.6 Å². The van der Waals surface area contributed by atoms with E-state index in [9.17, 15) is 35.8 Å². The maximum absolute atomic E-state index is 14.8. The fraction of sp³-hybridized carbons (Fsp3) is 0.455. The van der Waals surface area contributed by atoms with Crippen molar-refractivity contribution >= 4 is 0 Å². The Balaban J connectivity index is 2.00. The van der Waals surface area contributed by atoms with Crippen LogP contribution in [0.1, 0.15) is 0 Å². The highest BCUT2D eigenvalue weighted by Crippen LogP contribution is 2.51. The van der Waals surface area contributed by atoms with Gasteiger partial charge in [-0.1, -0.05) is 24.3 Å². The van der Waals surface area contributed by atoms with E-state index in [0.717, 1.165) is 0 Å². The smallest absolute Gasteiger partial charge is 0.459 e. The van der Waals surface area contributed by atoms with Crippen molar-refractivity contribution in [1.29, 1.82) is 0 Å². The first-order chi connectivity index (χ1) is 16.4. The Labute approximate surface area is 195 Å². The van der Waals surface area contributed by atoms with Gasteiger partial charge in [0.25, 0.3) is 0 Å². The van der Waals surface area contributed by atoms with E-state index in [1.807, 2.05) is 0 Å². The summed E-state index contributed by atoms with van der Waals surface area (Å²) < 4.78 is 122. The van der Waals surface area contributed by atoms with Gasteiger partial charge in [-0.25, -0.2) is 0 Å². The Kier molecular flexibility index (Phi) is 7.90. The summed E-state index contributed by atoms with van der Waals surface area (Å²) in [6, 6.07) is 10.8. The van der Waals surface area contributed by atoms with Gasteiger partial charge in [-0.2, -0.15) is 30.7 Å². The van der Waals surface area contributed by atoms with E-state index in [2.05, 4.69) is 0 Å². The van der Waals surface area contributed by atoms with Crippen LogP contribution in [-0.2, 0) is 4.74 Å². The number of aliphatic hydroxyl groups is 1. The van der Waals surface area contributed by atoms with Gasteiger partial charge in [0.1, 0.15) is 26.4 Å². The van der Waals surface area contributed by atoms with Gasteiger partial charge >= 0.3 is 18.0 Å². The topological polar surface area (TPSA) is 66.4 Å². The van der Waals surface area contributed by atoms with Gasteiger partial charge < -0.3 is 28.8 Å². The molecule has 6 nitrogen and oxygen atoms in total. The van der Waals surface area contributed by atoms with Gasteiger partial charge in [-0.3, -0.25) is 0 Å². The molecule has 1 heterocycles. The van der Waals surface area contributed by atoms with E-state index in [1.165, 1.54) is 48.5 Å². The summed E-state index contributed by atoms with van der Waals surface area (Å²) in [7, 11) is 0. The molecule has 0 unspecified atom stereocenters. The number of halogens is 7. The third kappa shape index (κ3) is 5.67. The van der Waals surface area contributed by atoms with Crippen LogP contribution in [-0.4, -0.2) is 68.4 Å². The normalized spacial score (nSPS) is 18.1. The second-order valence-corrected chi connectivity index (χ2v) is 7.46. The molecule has 1 N–H and O–H groups in total. The Morgan fingerprint density at radius 2 is 0.971 bits per heavy atom. The highest BCUT2D eigenvalue weighted by molar-refractivity contribution is 5.40. The summed E-state index contributed by atoms with van der Waals surface area (Å²) in [5.74, 6) is -13.3. The van der Waals surface area contributed by atoms with E-state index >= 15 is 0 Å². The summed E-state index contributed by atoms with van der Waals surface area (Å²) in [5, 5.41) is 10.6. The lowest BCUT2D eigenvalue weighted by atomic mass is 9.91. The third-order valence-corrected chi connectivity index (χ3v) is 4.94. The molecule has 0 spiro atoms. The van der Waals surface area contributed by atoms with Crippen molar-refractivity contribution in [3.8, 4) is 23.0 Å². The van der Waals surface area contributed by atoms with Crippen LogP contribution in [0.2, 0.25) is 0 Å². The average Bonchev–Trinajstić information content (AvgIpc) is 2.80. The first kappa shape index (κ1) is 26.7. The molecule has 2 aromatic carbocycles. The molecule has 0 fully saturated rings. The number of hydrogen-bond donors (Lipinski definition) is 1. The molecule has 0 atom stereocenters. The minimum atomic E-state index is -6.68. The zero-order valence-corrected chi connectivity index (χ0v) is 18.0. The number of para-hydroxylation sites is 4. The standard InChI is InChI=1S/C22H21F7O6/c23-20(24,21(25,26)22(27,28)29)19(30)13-34-17-7-3-1-5-15(17)32-11-9-31-10-12-33-16-6-2-4-8-18(16)35-14-19/h1-8,30H,9-14H2. The molecule has 0 aromatic heterocycles. The average molecular weight is 514 g/mol. The van der Waals surface area contributed by atoms with Gasteiger partial charge in [0.2, 0.25) is 5.60 Å². The van der Waals surface area contributed by atoms with E-state index in [1.54, 1.807) is 0 Å². The molecule has 0 amide bonds. The van der Waals surface area contributed by atoms with Gasteiger partial charge in [0.15, 0.2) is 23.0 Å². The van der Waals surface area contributed by atoms with Crippen molar-refractivity contribution in [3.63, 3.8) is 0 Å². The molecule has 1 aliphatic rings. The summed E-state index contributed by atoms with van der Waals surface area (Å²) in [6.45, 7) is -3.32. The molecule has 194 valence electrons. The highest BCUT2D eigenvalue weighted by atomic mass is 19.4. The Morgan fingerprint density at radius 1 is 0.600 bits per heavy atom. The monoisotopic (exact) mass is 514 g/mol.